The molecule has 0 aliphatic rings. The molecule has 2 heterocycles. The van der Waals surface area contributed by atoms with Crippen LogP contribution in [-0.4, -0.2) is 20.0 Å². The minimum Gasteiger partial charge on any atom is -0.379 e. The van der Waals surface area contributed by atoms with Gasteiger partial charge in [-0.05, 0) is 6.92 Å². The second-order valence-electron chi connectivity index (χ2n) is 3.53. The van der Waals surface area contributed by atoms with Gasteiger partial charge in [0.15, 0.2) is 5.15 Å². The minimum atomic E-state index is 0.382. The first-order chi connectivity index (χ1) is 7.65. The Bertz CT molecular complexity index is 494. The van der Waals surface area contributed by atoms with Crippen LogP contribution in [0.5, 0.6) is 0 Å². The van der Waals surface area contributed by atoms with Crippen molar-refractivity contribution in [2.75, 3.05) is 5.32 Å². The van der Waals surface area contributed by atoms with Gasteiger partial charge in [0.1, 0.15) is 0 Å². The zero-order valence-electron chi connectivity index (χ0n) is 9.11. The number of anilines is 1. The predicted octanol–water partition coefficient (Wildman–Crippen LogP) is 1.78. The molecule has 0 radical (unpaired) electrons. The first-order valence-electron chi connectivity index (χ1n) is 4.86. The summed E-state index contributed by atoms with van der Waals surface area (Å²) in [6.07, 6.45) is 3.62. The van der Waals surface area contributed by atoms with E-state index in [-0.39, 0.29) is 0 Å². The largest absolute Gasteiger partial charge is 0.379 e. The fourth-order valence-electron chi connectivity index (χ4n) is 1.46. The lowest BCUT2D eigenvalue weighted by molar-refractivity contribution is 0.756. The molecule has 0 aliphatic carbocycles. The summed E-state index contributed by atoms with van der Waals surface area (Å²) in [5, 5.41) is 15.3. The SMILES string of the molecule is Cc1nn(C)cc1CNc1cnnc(Cl)c1. The molecule has 0 fully saturated rings. The zero-order chi connectivity index (χ0) is 11.5. The molecular formula is C10H12ClN5. The van der Waals surface area contributed by atoms with Crippen molar-refractivity contribution in [1.82, 2.24) is 20.0 Å². The van der Waals surface area contributed by atoms with Gasteiger partial charge in [0.25, 0.3) is 0 Å². The molecule has 0 bridgehead atoms. The number of nitrogens with one attached hydrogen (secondary N) is 1. The second kappa shape index (κ2) is 4.49. The Balaban J connectivity index is 2.05. The van der Waals surface area contributed by atoms with Crippen molar-refractivity contribution in [1.29, 1.82) is 0 Å². The molecule has 0 saturated heterocycles. The summed E-state index contributed by atoms with van der Waals surface area (Å²) in [7, 11) is 1.90. The average molecular weight is 238 g/mol. The molecule has 0 saturated carbocycles. The third-order valence-electron chi connectivity index (χ3n) is 2.22. The molecule has 5 nitrogen and oxygen atoms in total. The lowest BCUT2D eigenvalue weighted by Crippen LogP contribution is -2.00. The molecule has 0 atom stereocenters. The molecule has 2 aromatic heterocycles. The zero-order valence-corrected chi connectivity index (χ0v) is 9.86. The lowest BCUT2D eigenvalue weighted by atomic mass is 10.2. The first-order valence-corrected chi connectivity index (χ1v) is 5.24. The maximum Gasteiger partial charge on any atom is 0.153 e. The van der Waals surface area contributed by atoms with Crippen molar-refractivity contribution in [2.45, 2.75) is 13.5 Å². The van der Waals surface area contributed by atoms with Crippen molar-refractivity contribution in [3.8, 4) is 0 Å². The van der Waals surface area contributed by atoms with Crippen LogP contribution in [-0.2, 0) is 13.6 Å². The fraction of sp³-hybridized carbons (Fsp3) is 0.300. The highest BCUT2D eigenvalue weighted by Crippen LogP contribution is 2.12. The van der Waals surface area contributed by atoms with E-state index in [0.717, 1.165) is 16.9 Å². The third-order valence-corrected chi connectivity index (χ3v) is 2.41. The second-order valence-corrected chi connectivity index (χ2v) is 3.92. The Morgan fingerprint density at radius 2 is 2.31 bits per heavy atom. The Hall–Kier alpha value is -1.62. The van der Waals surface area contributed by atoms with Gasteiger partial charge in [-0.1, -0.05) is 11.6 Å². The monoisotopic (exact) mass is 237 g/mol. The highest BCUT2D eigenvalue weighted by molar-refractivity contribution is 6.29. The number of nitrogens with zero attached hydrogens (tertiary/aromatic N) is 4. The summed E-state index contributed by atoms with van der Waals surface area (Å²) in [4.78, 5) is 0. The molecule has 2 rings (SSSR count). The van der Waals surface area contributed by atoms with E-state index in [2.05, 4.69) is 20.6 Å². The number of rotatable bonds is 3. The van der Waals surface area contributed by atoms with E-state index in [1.807, 2.05) is 20.2 Å². The molecule has 0 aliphatic heterocycles. The molecule has 1 N–H and O–H groups in total. The summed E-state index contributed by atoms with van der Waals surface area (Å²) in [5.74, 6) is 0. The normalized spacial score (nSPS) is 10.4. The van der Waals surface area contributed by atoms with Crippen molar-refractivity contribution < 1.29 is 0 Å². The third kappa shape index (κ3) is 2.49. The fourth-order valence-corrected chi connectivity index (χ4v) is 1.62. The number of aromatic nitrogens is 4. The molecule has 16 heavy (non-hydrogen) atoms. The topological polar surface area (TPSA) is 55.6 Å². The quantitative estimate of drug-likeness (QED) is 0.884. The van der Waals surface area contributed by atoms with Crippen molar-refractivity contribution in [2.24, 2.45) is 7.05 Å². The van der Waals surface area contributed by atoms with Gasteiger partial charge in [-0.15, -0.1) is 5.10 Å². The van der Waals surface area contributed by atoms with Gasteiger partial charge in [-0.25, -0.2) is 0 Å². The van der Waals surface area contributed by atoms with Crippen molar-refractivity contribution in [3.63, 3.8) is 0 Å². The molecule has 0 aromatic carbocycles. The molecule has 84 valence electrons. The molecule has 2 aromatic rings. The van der Waals surface area contributed by atoms with E-state index in [1.54, 1.807) is 16.9 Å². The van der Waals surface area contributed by atoms with Gasteiger partial charge in [0, 0.05) is 31.4 Å². The van der Waals surface area contributed by atoms with Gasteiger partial charge in [-0.3, -0.25) is 4.68 Å². The number of hydrogen-bond acceptors (Lipinski definition) is 4. The van der Waals surface area contributed by atoms with Crippen LogP contribution in [0.15, 0.2) is 18.5 Å². The van der Waals surface area contributed by atoms with Gasteiger partial charge in [0.05, 0.1) is 17.6 Å². The van der Waals surface area contributed by atoms with Crippen LogP contribution in [0, 0.1) is 6.92 Å². The van der Waals surface area contributed by atoms with Gasteiger partial charge < -0.3 is 5.32 Å². The van der Waals surface area contributed by atoms with Crippen LogP contribution in [0.3, 0.4) is 0 Å². The van der Waals surface area contributed by atoms with E-state index >= 15 is 0 Å². The molecule has 6 heteroatoms. The van der Waals surface area contributed by atoms with E-state index in [1.165, 1.54) is 0 Å². The van der Waals surface area contributed by atoms with Gasteiger partial charge in [-0.2, -0.15) is 10.2 Å². The summed E-state index contributed by atoms with van der Waals surface area (Å²) < 4.78 is 1.80. The highest BCUT2D eigenvalue weighted by atomic mass is 35.5. The van der Waals surface area contributed by atoms with Crippen LogP contribution in [0.2, 0.25) is 5.15 Å². The van der Waals surface area contributed by atoms with Crippen molar-refractivity contribution >= 4 is 17.3 Å². The van der Waals surface area contributed by atoms with Gasteiger partial charge in [0.2, 0.25) is 0 Å². The van der Waals surface area contributed by atoms with Crippen molar-refractivity contribution in [3.05, 3.63) is 34.9 Å². The standard InChI is InChI=1S/C10H12ClN5/c1-7-8(6-16(2)15-7)4-12-9-3-10(11)14-13-5-9/h3,5-6H,4H2,1-2H3,(H,12,14). The van der Waals surface area contributed by atoms with Crippen LogP contribution < -0.4 is 5.32 Å². The van der Waals surface area contributed by atoms with Crippen LogP contribution in [0.25, 0.3) is 0 Å². The summed E-state index contributed by atoms with van der Waals surface area (Å²) in [5.41, 5.74) is 3.02. The Morgan fingerprint density at radius 3 is 2.94 bits per heavy atom. The van der Waals surface area contributed by atoms with Gasteiger partial charge >= 0.3 is 0 Å². The maximum atomic E-state index is 5.73. The maximum absolute atomic E-state index is 5.73. The molecule has 0 unspecified atom stereocenters. The number of halogens is 1. The molecular weight excluding hydrogens is 226 g/mol. The first kappa shape index (κ1) is 10.9. The Kier molecular flexibility index (Phi) is 3.05. The van der Waals surface area contributed by atoms with E-state index < -0.39 is 0 Å². The summed E-state index contributed by atoms with van der Waals surface area (Å²) >= 11 is 5.73. The Labute approximate surface area is 98.5 Å². The van der Waals surface area contributed by atoms with Crippen LogP contribution >= 0.6 is 11.6 Å². The summed E-state index contributed by atoms with van der Waals surface area (Å²) in [6, 6.07) is 1.74. The summed E-state index contributed by atoms with van der Waals surface area (Å²) in [6.45, 7) is 2.68. The number of hydrogen-bond donors (Lipinski definition) is 1. The van der Waals surface area contributed by atoms with Crippen LogP contribution in [0.4, 0.5) is 5.69 Å². The van der Waals surface area contributed by atoms with E-state index in [9.17, 15) is 0 Å². The minimum absolute atomic E-state index is 0.382. The number of aryl methyl sites for hydroxylation is 2. The lowest BCUT2D eigenvalue weighted by Gasteiger charge is -2.04. The Morgan fingerprint density at radius 1 is 1.50 bits per heavy atom. The smallest absolute Gasteiger partial charge is 0.153 e. The van der Waals surface area contributed by atoms with E-state index in [0.29, 0.717) is 11.7 Å². The highest BCUT2D eigenvalue weighted by Gasteiger charge is 2.03. The molecule has 0 amide bonds. The predicted molar refractivity (Wildman–Crippen MR) is 62.3 cm³/mol. The average Bonchev–Trinajstić information content (AvgIpc) is 2.54. The van der Waals surface area contributed by atoms with E-state index in [4.69, 9.17) is 11.6 Å². The molecule has 0 spiro atoms. The van der Waals surface area contributed by atoms with Crippen LogP contribution in [0.1, 0.15) is 11.3 Å².